The number of aliphatic hydroxyl groups excluding tert-OH is 1. The van der Waals surface area contributed by atoms with Crippen molar-refractivity contribution >= 4 is 11.9 Å². The van der Waals surface area contributed by atoms with Crippen molar-refractivity contribution < 1.29 is 19.8 Å². The Labute approximate surface area is 108 Å². The fourth-order valence-electron chi connectivity index (χ4n) is 2.56. The van der Waals surface area contributed by atoms with Gasteiger partial charge in [0.1, 0.15) is 0 Å². The average Bonchev–Trinajstić information content (AvgIpc) is 2.27. The molecule has 0 heterocycles. The molecule has 1 fully saturated rings. The Morgan fingerprint density at radius 3 is 2.61 bits per heavy atom. The molecule has 0 radical (unpaired) electrons. The number of aliphatic hydroxyl groups is 1. The van der Waals surface area contributed by atoms with Gasteiger partial charge in [-0.25, -0.2) is 4.79 Å². The summed E-state index contributed by atoms with van der Waals surface area (Å²) in [5.41, 5.74) is 0.00769. The van der Waals surface area contributed by atoms with Gasteiger partial charge < -0.3 is 15.5 Å². The molecule has 0 aromatic carbocycles. The smallest absolute Gasteiger partial charge is 0.332 e. The monoisotopic (exact) mass is 257 g/mol. The van der Waals surface area contributed by atoms with Gasteiger partial charge in [0.05, 0.1) is 0 Å². The molecular weight excluding hydrogens is 234 g/mol. The minimum Gasteiger partial charge on any atom is -0.479 e. The van der Waals surface area contributed by atoms with Gasteiger partial charge in [0, 0.05) is 18.9 Å². The summed E-state index contributed by atoms with van der Waals surface area (Å²) in [7, 11) is 0. The molecule has 0 aromatic rings. The normalized spacial score (nSPS) is 24.3. The van der Waals surface area contributed by atoms with E-state index in [-0.39, 0.29) is 30.2 Å². The Balaban J connectivity index is 2.38. The van der Waals surface area contributed by atoms with Gasteiger partial charge in [-0.3, -0.25) is 4.79 Å². The lowest BCUT2D eigenvalue weighted by Crippen LogP contribution is -2.42. The Morgan fingerprint density at radius 1 is 1.39 bits per heavy atom. The first-order chi connectivity index (χ1) is 8.34. The Hall–Kier alpha value is -1.10. The molecule has 0 aromatic heterocycles. The molecule has 1 amide bonds. The highest BCUT2D eigenvalue weighted by atomic mass is 16.4. The van der Waals surface area contributed by atoms with Crippen molar-refractivity contribution in [1.29, 1.82) is 0 Å². The number of carbonyl (C=O) groups is 2. The molecule has 1 aliphatic carbocycles. The number of hydrogen-bond acceptors (Lipinski definition) is 3. The second-order valence-electron chi connectivity index (χ2n) is 5.72. The van der Waals surface area contributed by atoms with Crippen LogP contribution in [0.25, 0.3) is 0 Å². The minimum absolute atomic E-state index is 0.00628. The third kappa shape index (κ3) is 3.98. The summed E-state index contributed by atoms with van der Waals surface area (Å²) in [5.74, 6) is -1.27. The van der Waals surface area contributed by atoms with Crippen molar-refractivity contribution in [2.75, 3.05) is 6.54 Å². The average molecular weight is 257 g/mol. The van der Waals surface area contributed by atoms with E-state index < -0.39 is 12.1 Å². The van der Waals surface area contributed by atoms with Crippen LogP contribution in [0, 0.1) is 11.3 Å². The molecule has 18 heavy (non-hydrogen) atoms. The van der Waals surface area contributed by atoms with Crippen LogP contribution < -0.4 is 5.32 Å². The second kappa shape index (κ2) is 6.18. The highest BCUT2D eigenvalue weighted by Gasteiger charge is 2.36. The predicted molar refractivity (Wildman–Crippen MR) is 67.0 cm³/mol. The molecular formula is C13H23NO4. The van der Waals surface area contributed by atoms with Gasteiger partial charge in [0.25, 0.3) is 0 Å². The summed E-state index contributed by atoms with van der Waals surface area (Å²) in [6, 6.07) is 0. The third-order valence-corrected chi connectivity index (χ3v) is 3.83. The van der Waals surface area contributed by atoms with Crippen LogP contribution in [-0.4, -0.2) is 34.7 Å². The Kier molecular flexibility index (Phi) is 5.14. The van der Waals surface area contributed by atoms with Crippen LogP contribution in [-0.2, 0) is 9.59 Å². The highest BCUT2D eigenvalue weighted by Crippen LogP contribution is 2.40. The number of carbonyl (C=O) groups excluding carboxylic acids is 1. The van der Waals surface area contributed by atoms with E-state index in [0.717, 1.165) is 25.7 Å². The zero-order valence-corrected chi connectivity index (χ0v) is 11.1. The topological polar surface area (TPSA) is 86.6 Å². The predicted octanol–water partition coefficient (Wildman–Crippen LogP) is 1.15. The van der Waals surface area contributed by atoms with Crippen LogP contribution in [0.15, 0.2) is 0 Å². The molecule has 3 N–H and O–H groups in total. The van der Waals surface area contributed by atoms with Crippen LogP contribution >= 0.6 is 0 Å². The maximum atomic E-state index is 12.0. The summed E-state index contributed by atoms with van der Waals surface area (Å²) in [6.45, 7) is 4.41. The molecule has 1 rings (SSSR count). The van der Waals surface area contributed by atoms with Crippen molar-refractivity contribution in [3.05, 3.63) is 0 Å². The molecule has 1 saturated carbocycles. The molecule has 0 aliphatic heterocycles. The first kappa shape index (κ1) is 15.0. The van der Waals surface area contributed by atoms with Crippen molar-refractivity contribution in [3.8, 4) is 0 Å². The number of nitrogens with one attached hydrogen (secondary N) is 1. The zero-order valence-electron chi connectivity index (χ0n) is 11.1. The van der Waals surface area contributed by atoms with Gasteiger partial charge in [-0.15, -0.1) is 0 Å². The van der Waals surface area contributed by atoms with E-state index in [4.69, 9.17) is 10.2 Å². The number of amides is 1. The van der Waals surface area contributed by atoms with Gasteiger partial charge >= 0.3 is 5.97 Å². The summed E-state index contributed by atoms with van der Waals surface area (Å²) in [4.78, 5) is 22.4. The second-order valence-corrected chi connectivity index (χ2v) is 5.72. The molecule has 5 nitrogen and oxygen atoms in total. The molecule has 104 valence electrons. The molecule has 2 atom stereocenters. The Morgan fingerprint density at radius 2 is 2.06 bits per heavy atom. The van der Waals surface area contributed by atoms with Gasteiger partial charge in [-0.1, -0.05) is 26.7 Å². The van der Waals surface area contributed by atoms with E-state index in [9.17, 15) is 9.59 Å². The molecule has 1 aliphatic rings. The van der Waals surface area contributed by atoms with E-state index in [1.807, 2.05) is 0 Å². The summed E-state index contributed by atoms with van der Waals surface area (Å²) >= 11 is 0. The van der Waals surface area contributed by atoms with Gasteiger partial charge in [-0.05, 0) is 18.3 Å². The first-order valence-electron chi connectivity index (χ1n) is 6.53. The maximum absolute atomic E-state index is 12.0. The summed E-state index contributed by atoms with van der Waals surface area (Å²) in [5, 5.41) is 20.3. The van der Waals surface area contributed by atoms with Crippen LogP contribution in [0.3, 0.4) is 0 Å². The molecule has 1 unspecified atom stereocenters. The van der Waals surface area contributed by atoms with E-state index in [1.54, 1.807) is 0 Å². The number of carboxylic acids is 1. The summed E-state index contributed by atoms with van der Waals surface area (Å²) in [6.07, 6.45) is 2.81. The van der Waals surface area contributed by atoms with Crippen LogP contribution in [0.5, 0.6) is 0 Å². The van der Waals surface area contributed by atoms with E-state index in [2.05, 4.69) is 19.2 Å². The van der Waals surface area contributed by atoms with Crippen LogP contribution in [0.4, 0.5) is 0 Å². The van der Waals surface area contributed by atoms with Crippen molar-refractivity contribution in [1.82, 2.24) is 5.32 Å². The van der Waals surface area contributed by atoms with E-state index >= 15 is 0 Å². The van der Waals surface area contributed by atoms with Crippen LogP contribution in [0.2, 0.25) is 0 Å². The molecule has 5 heteroatoms. The largest absolute Gasteiger partial charge is 0.479 e. The lowest BCUT2D eigenvalue weighted by atomic mass is 9.68. The third-order valence-electron chi connectivity index (χ3n) is 3.83. The highest BCUT2D eigenvalue weighted by molar-refractivity contribution is 5.79. The van der Waals surface area contributed by atoms with E-state index in [0.29, 0.717) is 0 Å². The van der Waals surface area contributed by atoms with Crippen LogP contribution in [0.1, 0.15) is 46.0 Å². The lowest BCUT2D eigenvalue weighted by Gasteiger charge is -2.37. The van der Waals surface area contributed by atoms with Crippen molar-refractivity contribution in [3.63, 3.8) is 0 Å². The van der Waals surface area contributed by atoms with Gasteiger partial charge in [0.2, 0.25) is 5.91 Å². The van der Waals surface area contributed by atoms with Gasteiger partial charge in [0.15, 0.2) is 6.10 Å². The minimum atomic E-state index is -1.40. The quantitative estimate of drug-likeness (QED) is 0.689. The van der Waals surface area contributed by atoms with Gasteiger partial charge in [-0.2, -0.15) is 0 Å². The number of carboxylic acid groups (broad SMARTS) is 1. The summed E-state index contributed by atoms with van der Waals surface area (Å²) < 4.78 is 0. The molecule has 0 bridgehead atoms. The number of aliphatic carboxylic acids is 1. The fourth-order valence-corrected chi connectivity index (χ4v) is 2.56. The molecule has 0 saturated heterocycles. The standard InChI is InChI=1S/C13H23NO4/c1-13(2)7-4-3-5-9(13)11(16)14-8-6-10(15)12(17)18/h9-10,15H,3-8H2,1-2H3,(H,14,16)(H,17,18)/t9?,10-/m0/s1. The SMILES string of the molecule is CC1(C)CCCCC1C(=O)NCC[C@H](O)C(=O)O. The van der Waals surface area contributed by atoms with E-state index in [1.165, 1.54) is 0 Å². The number of rotatable bonds is 5. The zero-order chi connectivity index (χ0) is 13.8. The Bertz CT molecular complexity index is 314. The first-order valence-corrected chi connectivity index (χ1v) is 6.53. The fraction of sp³-hybridized carbons (Fsp3) is 0.846. The maximum Gasteiger partial charge on any atom is 0.332 e. The van der Waals surface area contributed by atoms with Crippen molar-refractivity contribution in [2.24, 2.45) is 11.3 Å². The number of hydrogen-bond donors (Lipinski definition) is 3. The lowest BCUT2D eigenvalue weighted by molar-refractivity contribution is -0.147. The van der Waals surface area contributed by atoms with Crippen molar-refractivity contribution in [2.45, 2.75) is 52.1 Å². The molecule has 0 spiro atoms.